The summed E-state index contributed by atoms with van der Waals surface area (Å²) >= 11 is 1.55. The maximum Gasteiger partial charge on any atom is 0.274 e. The van der Waals surface area contributed by atoms with Gasteiger partial charge in [0.25, 0.3) is 5.19 Å². The molecule has 0 radical (unpaired) electrons. The van der Waals surface area contributed by atoms with Gasteiger partial charge in [0, 0.05) is 32.4 Å². The molecule has 1 aliphatic carbocycles. The van der Waals surface area contributed by atoms with Crippen LogP contribution in [0.15, 0.2) is 18.2 Å². The number of carbonyl (C=O) groups excluding carboxylic acids is 1. The van der Waals surface area contributed by atoms with Crippen molar-refractivity contribution >= 4 is 27.5 Å². The van der Waals surface area contributed by atoms with E-state index in [1.807, 2.05) is 23.1 Å². The van der Waals surface area contributed by atoms with E-state index >= 15 is 0 Å². The standard InChI is InChI=1S/C20H26N2O3S/c1-24-16-6-7-17-18(13-16)26-20(21-17)25-15-8-10-22(11-9-15)19(23)12-14-4-2-3-5-14/h6-7,13-15H,2-5,8-12H2,1H3. The van der Waals surface area contributed by atoms with Crippen molar-refractivity contribution in [1.29, 1.82) is 0 Å². The quantitative estimate of drug-likeness (QED) is 0.785. The van der Waals surface area contributed by atoms with Crippen LogP contribution in [0, 0.1) is 5.92 Å². The van der Waals surface area contributed by atoms with E-state index in [4.69, 9.17) is 9.47 Å². The molecule has 6 heteroatoms. The number of nitrogens with zero attached hydrogens (tertiary/aromatic N) is 2. The van der Waals surface area contributed by atoms with E-state index in [1.54, 1.807) is 18.4 Å². The van der Waals surface area contributed by atoms with Crippen molar-refractivity contribution in [2.45, 2.75) is 51.0 Å². The highest BCUT2D eigenvalue weighted by Gasteiger charge is 2.27. The summed E-state index contributed by atoms with van der Waals surface area (Å²) in [5.41, 5.74) is 0.940. The number of hydrogen-bond donors (Lipinski definition) is 0. The van der Waals surface area contributed by atoms with Gasteiger partial charge in [-0.2, -0.15) is 0 Å². The molecule has 1 amide bonds. The number of aromatic nitrogens is 1. The van der Waals surface area contributed by atoms with Gasteiger partial charge in [-0.3, -0.25) is 4.79 Å². The second-order valence-electron chi connectivity index (χ2n) is 7.37. The second-order valence-corrected chi connectivity index (χ2v) is 8.36. The van der Waals surface area contributed by atoms with E-state index in [-0.39, 0.29) is 6.10 Å². The first-order valence-corrected chi connectivity index (χ1v) is 10.4. The molecule has 2 aliphatic rings. The molecular weight excluding hydrogens is 348 g/mol. The lowest BCUT2D eigenvalue weighted by Crippen LogP contribution is -2.42. The summed E-state index contributed by atoms with van der Waals surface area (Å²) in [7, 11) is 1.67. The molecule has 0 unspecified atom stereocenters. The van der Waals surface area contributed by atoms with Crippen molar-refractivity contribution in [3.63, 3.8) is 0 Å². The van der Waals surface area contributed by atoms with Gasteiger partial charge in [-0.05, 0) is 37.0 Å². The van der Waals surface area contributed by atoms with Crippen LogP contribution in [0.5, 0.6) is 10.9 Å². The highest BCUT2D eigenvalue weighted by molar-refractivity contribution is 7.20. The highest BCUT2D eigenvalue weighted by atomic mass is 32.1. The fourth-order valence-electron chi connectivity index (χ4n) is 4.02. The molecule has 0 spiro atoms. The molecule has 5 nitrogen and oxygen atoms in total. The zero-order valence-electron chi connectivity index (χ0n) is 15.3. The lowest BCUT2D eigenvalue weighted by atomic mass is 10.0. The molecule has 0 atom stereocenters. The van der Waals surface area contributed by atoms with E-state index in [9.17, 15) is 4.79 Å². The first-order valence-electron chi connectivity index (χ1n) is 9.60. The zero-order chi connectivity index (χ0) is 17.9. The minimum Gasteiger partial charge on any atom is -0.497 e. The lowest BCUT2D eigenvalue weighted by molar-refractivity contribution is -0.133. The number of carbonyl (C=O) groups is 1. The van der Waals surface area contributed by atoms with Crippen molar-refractivity contribution in [3.05, 3.63) is 18.2 Å². The first kappa shape index (κ1) is 17.6. The SMILES string of the molecule is COc1ccc2nc(OC3CCN(C(=O)CC4CCCC4)CC3)sc2c1. The number of likely N-dealkylation sites (tertiary alicyclic amines) is 1. The summed E-state index contributed by atoms with van der Waals surface area (Å²) in [4.78, 5) is 19.1. The Morgan fingerprint density at radius 2 is 2.00 bits per heavy atom. The monoisotopic (exact) mass is 374 g/mol. The Bertz CT molecular complexity index is 762. The summed E-state index contributed by atoms with van der Waals surface area (Å²) in [6.07, 6.45) is 7.70. The Labute approximate surface area is 158 Å². The Hall–Kier alpha value is -1.82. The second kappa shape index (κ2) is 7.82. The van der Waals surface area contributed by atoms with Gasteiger partial charge >= 0.3 is 0 Å². The fraction of sp³-hybridized carbons (Fsp3) is 0.600. The number of amides is 1. The van der Waals surface area contributed by atoms with Gasteiger partial charge in [0.05, 0.1) is 17.3 Å². The molecule has 1 aliphatic heterocycles. The molecule has 140 valence electrons. The third kappa shape index (κ3) is 3.95. The van der Waals surface area contributed by atoms with E-state index in [0.29, 0.717) is 17.0 Å². The van der Waals surface area contributed by atoms with Gasteiger partial charge < -0.3 is 14.4 Å². The number of benzene rings is 1. The summed E-state index contributed by atoms with van der Waals surface area (Å²) in [6, 6.07) is 5.87. The van der Waals surface area contributed by atoms with Gasteiger partial charge in [0.15, 0.2) is 0 Å². The van der Waals surface area contributed by atoms with Gasteiger partial charge in [0.2, 0.25) is 5.91 Å². The van der Waals surface area contributed by atoms with Crippen LogP contribution >= 0.6 is 11.3 Å². The largest absolute Gasteiger partial charge is 0.497 e. The topological polar surface area (TPSA) is 51.7 Å². The maximum absolute atomic E-state index is 12.5. The summed E-state index contributed by atoms with van der Waals surface area (Å²) in [5.74, 6) is 1.79. The van der Waals surface area contributed by atoms with Crippen LogP contribution in [-0.4, -0.2) is 42.1 Å². The molecule has 2 aromatic rings. The number of ether oxygens (including phenoxy) is 2. The maximum atomic E-state index is 12.5. The van der Waals surface area contributed by atoms with E-state index < -0.39 is 0 Å². The van der Waals surface area contributed by atoms with Crippen LogP contribution in [0.4, 0.5) is 0 Å². The number of piperidine rings is 1. The number of fused-ring (bicyclic) bond motifs is 1. The summed E-state index contributed by atoms with van der Waals surface area (Å²) in [6.45, 7) is 1.60. The van der Waals surface area contributed by atoms with Gasteiger partial charge in [0.1, 0.15) is 11.9 Å². The van der Waals surface area contributed by atoms with Crippen LogP contribution in [0.1, 0.15) is 44.9 Å². The minimum absolute atomic E-state index is 0.146. The van der Waals surface area contributed by atoms with Crippen LogP contribution in [0.25, 0.3) is 10.2 Å². The normalized spacial score (nSPS) is 19.2. The number of rotatable bonds is 5. The molecule has 1 saturated heterocycles. The van der Waals surface area contributed by atoms with Crippen LogP contribution in [0.3, 0.4) is 0 Å². The number of hydrogen-bond acceptors (Lipinski definition) is 5. The molecule has 2 heterocycles. The van der Waals surface area contributed by atoms with Gasteiger partial charge in [-0.1, -0.05) is 24.2 Å². The molecule has 1 aromatic carbocycles. The summed E-state index contributed by atoms with van der Waals surface area (Å²) < 4.78 is 12.4. The van der Waals surface area contributed by atoms with Crippen molar-refractivity contribution in [2.75, 3.05) is 20.2 Å². The van der Waals surface area contributed by atoms with Crippen molar-refractivity contribution in [2.24, 2.45) is 5.92 Å². The first-order chi connectivity index (χ1) is 12.7. The Balaban J connectivity index is 1.30. The average molecular weight is 375 g/mol. The average Bonchev–Trinajstić information content (AvgIpc) is 3.30. The Morgan fingerprint density at radius 1 is 1.23 bits per heavy atom. The third-order valence-corrected chi connectivity index (χ3v) is 6.49. The molecule has 0 bridgehead atoms. The van der Waals surface area contributed by atoms with Crippen LogP contribution in [-0.2, 0) is 4.79 Å². The predicted molar refractivity (Wildman–Crippen MR) is 103 cm³/mol. The van der Waals surface area contributed by atoms with Crippen LogP contribution < -0.4 is 9.47 Å². The van der Waals surface area contributed by atoms with Crippen molar-refractivity contribution in [3.8, 4) is 10.9 Å². The third-order valence-electron chi connectivity index (χ3n) is 5.58. The minimum atomic E-state index is 0.146. The molecule has 4 rings (SSSR count). The number of thiazole rings is 1. The molecule has 1 saturated carbocycles. The highest BCUT2D eigenvalue weighted by Crippen LogP contribution is 2.32. The van der Waals surface area contributed by atoms with E-state index in [2.05, 4.69) is 4.98 Å². The lowest BCUT2D eigenvalue weighted by Gasteiger charge is -2.32. The summed E-state index contributed by atoms with van der Waals surface area (Å²) in [5, 5.41) is 0.712. The van der Waals surface area contributed by atoms with Gasteiger partial charge in [-0.15, -0.1) is 0 Å². The van der Waals surface area contributed by atoms with Gasteiger partial charge in [-0.25, -0.2) is 4.98 Å². The van der Waals surface area contributed by atoms with Crippen molar-refractivity contribution in [1.82, 2.24) is 9.88 Å². The molecule has 26 heavy (non-hydrogen) atoms. The smallest absolute Gasteiger partial charge is 0.274 e. The molecule has 1 aromatic heterocycles. The van der Waals surface area contributed by atoms with Crippen molar-refractivity contribution < 1.29 is 14.3 Å². The molecule has 2 fully saturated rings. The van der Waals surface area contributed by atoms with E-state index in [1.165, 1.54) is 25.7 Å². The molecule has 0 N–H and O–H groups in total. The number of methoxy groups -OCH3 is 1. The fourth-order valence-corrected chi connectivity index (χ4v) is 4.93. The molecular formula is C20H26N2O3S. The zero-order valence-corrected chi connectivity index (χ0v) is 16.1. The Morgan fingerprint density at radius 3 is 2.73 bits per heavy atom. The van der Waals surface area contributed by atoms with Crippen LogP contribution in [0.2, 0.25) is 0 Å². The Kier molecular flexibility index (Phi) is 5.29. The van der Waals surface area contributed by atoms with E-state index in [0.717, 1.165) is 48.3 Å². The predicted octanol–water partition coefficient (Wildman–Crippen LogP) is 4.26.